The molecule has 2 aliphatic heterocycles. The predicted molar refractivity (Wildman–Crippen MR) is 99.1 cm³/mol. The summed E-state index contributed by atoms with van der Waals surface area (Å²) in [6, 6.07) is 13.6. The van der Waals surface area contributed by atoms with Gasteiger partial charge in [-0.1, -0.05) is 17.3 Å². The number of ether oxygens (including phenoxy) is 1. The van der Waals surface area contributed by atoms with Crippen molar-refractivity contribution < 1.29 is 18.8 Å². The van der Waals surface area contributed by atoms with Crippen molar-refractivity contribution in [1.29, 1.82) is 0 Å². The maximum atomic E-state index is 13.0. The molecule has 6 nitrogen and oxygen atoms in total. The van der Waals surface area contributed by atoms with Gasteiger partial charge in [-0.05, 0) is 42.0 Å². The van der Waals surface area contributed by atoms with Gasteiger partial charge in [-0.3, -0.25) is 9.69 Å². The fraction of sp³-hybridized carbons (Fsp3) is 0.300. The monoisotopic (exact) mass is 369 g/mol. The first kappa shape index (κ1) is 17.5. The Bertz CT molecular complexity index is 852. The van der Waals surface area contributed by atoms with Gasteiger partial charge in [0.05, 0.1) is 13.0 Å². The summed E-state index contributed by atoms with van der Waals surface area (Å²) >= 11 is 0. The number of hydrogen-bond acceptors (Lipinski definition) is 5. The van der Waals surface area contributed by atoms with E-state index in [2.05, 4.69) is 15.4 Å². The molecule has 0 bridgehead atoms. The van der Waals surface area contributed by atoms with Gasteiger partial charge in [0.15, 0.2) is 5.71 Å². The van der Waals surface area contributed by atoms with E-state index >= 15 is 0 Å². The summed E-state index contributed by atoms with van der Waals surface area (Å²) in [7, 11) is 1.59. The lowest BCUT2D eigenvalue weighted by molar-refractivity contribution is -0.110. The molecule has 1 N–H and O–H groups in total. The Hall–Kier alpha value is -2.93. The molecule has 4 rings (SSSR count). The zero-order valence-electron chi connectivity index (χ0n) is 14.9. The fourth-order valence-electron chi connectivity index (χ4n) is 3.47. The molecule has 0 aliphatic carbocycles. The molecule has 1 fully saturated rings. The van der Waals surface area contributed by atoms with Gasteiger partial charge in [0.1, 0.15) is 17.7 Å². The molecule has 1 saturated heterocycles. The molecule has 0 unspecified atom stereocenters. The Labute approximate surface area is 156 Å². The minimum atomic E-state index is -0.253. The van der Waals surface area contributed by atoms with Crippen LogP contribution in [0, 0.1) is 11.7 Å². The van der Waals surface area contributed by atoms with Crippen LogP contribution >= 0.6 is 0 Å². The third-order valence-electron chi connectivity index (χ3n) is 4.88. The number of halogens is 1. The molecule has 0 aromatic heterocycles. The fourth-order valence-corrected chi connectivity index (χ4v) is 3.47. The summed E-state index contributed by atoms with van der Waals surface area (Å²) < 4.78 is 18.2. The van der Waals surface area contributed by atoms with Crippen molar-refractivity contribution in [3.8, 4) is 5.75 Å². The molecule has 7 heteroatoms. The molecule has 0 saturated carbocycles. The number of oxime groups is 1. The van der Waals surface area contributed by atoms with E-state index in [1.165, 1.54) is 12.1 Å². The Morgan fingerprint density at radius 1 is 1.22 bits per heavy atom. The van der Waals surface area contributed by atoms with Crippen molar-refractivity contribution >= 4 is 17.3 Å². The summed E-state index contributed by atoms with van der Waals surface area (Å²) in [6.45, 7) is 2.05. The molecule has 2 atom stereocenters. The zero-order valence-corrected chi connectivity index (χ0v) is 14.9. The first-order valence-electron chi connectivity index (χ1n) is 8.78. The number of amides is 1. The highest BCUT2D eigenvalue weighted by Crippen LogP contribution is 2.29. The van der Waals surface area contributed by atoms with Gasteiger partial charge in [0.25, 0.3) is 5.91 Å². The molecular formula is C20H20FN3O3. The van der Waals surface area contributed by atoms with Crippen LogP contribution in [0.25, 0.3) is 0 Å². The quantitative estimate of drug-likeness (QED) is 0.880. The van der Waals surface area contributed by atoms with Crippen molar-refractivity contribution in [3.05, 3.63) is 59.9 Å². The van der Waals surface area contributed by atoms with Gasteiger partial charge in [-0.2, -0.15) is 0 Å². The number of anilines is 1. The normalized spacial score (nSPS) is 21.3. The lowest BCUT2D eigenvalue weighted by Crippen LogP contribution is -2.32. The topological polar surface area (TPSA) is 63.2 Å². The van der Waals surface area contributed by atoms with Gasteiger partial charge >= 0.3 is 0 Å². The molecule has 1 amide bonds. The van der Waals surface area contributed by atoms with Crippen molar-refractivity contribution in [1.82, 2.24) is 4.90 Å². The summed E-state index contributed by atoms with van der Waals surface area (Å²) in [5.74, 6) is 0.159. The Balaban J connectivity index is 1.37. The largest absolute Gasteiger partial charge is 0.497 e. The van der Waals surface area contributed by atoms with Crippen molar-refractivity contribution in [2.24, 2.45) is 11.1 Å². The van der Waals surface area contributed by atoms with Crippen molar-refractivity contribution in [3.63, 3.8) is 0 Å². The minimum Gasteiger partial charge on any atom is -0.497 e. The highest BCUT2D eigenvalue weighted by Gasteiger charge is 2.44. The number of nitrogens with one attached hydrogen (secondary N) is 1. The Morgan fingerprint density at radius 3 is 2.67 bits per heavy atom. The second-order valence-corrected chi connectivity index (χ2v) is 6.73. The molecule has 2 aromatic rings. The van der Waals surface area contributed by atoms with Crippen LogP contribution in [-0.2, 0) is 16.2 Å². The third kappa shape index (κ3) is 3.78. The van der Waals surface area contributed by atoms with Crippen LogP contribution < -0.4 is 10.1 Å². The Kier molecular flexibility index (Phi) is 4.77. The number of methoxy groups -OCH3 is 1. The van der Waals surface area contributed by atoms with Crippen molar-refractivity contribution in [2.45, 2.75) is 12.6 Å². The number of carbonyl (C=O) groups is 1. The van der Waals surface area contributed by atoms with Gasteiger partial charge in [0, 0.05) is 25.3 Å². The first-order chi connectivity index (χ1) is 13.1. The molecular weight excluding hydrogens is 349 g/mol. The number of hydrogen-bond donors (Lipinski definition) is 1. The van der Waals surface area contributed by atoms with E-state index in [1.54, 1.807) is 43.5 Å². The van der Waals surface area contributed by atoms with Crippen LogP contribution in [0.2, 0.25) is 0 Å². The zero-order chi connectivity index (χ0) is 18.8. The van der Waals surface area contributed by atoms with Gasteiger partial charge in [0.2, 0.25) is 0 Å². The number of benzene rings is 2. The van der Waals surface area contributed by atoms with Crippen LogP contribution in [-0.4, -0.2) is 42.8 Å². The third-order valence-corrected chi connectivity index (χ3v) is 4.88. The van der Waals surface area contributed by atoms with E-state index in [0.717, 1.165) is 11.3 Å². The highest BCUT2D eigenvalue weighted by atomic mass is 19.1. The van der Waals surface area contributed by atoms with Crippen LogP contribution in [0.1, 0.15) is 5.56 Å². The number of nitrogens with zero attached hydrogens (tertiary/aromatic N) is 2. The predicted octanol–water partition coefficient (Wildman–Crippen LogP) is 2.66. The van der Waals surface area contributed by atoms with Crippen LogP contribution in [0.15, 0.2) is 53.7 Å². The average molecular weight is 369 g/mol. The smallest absolute Gasteiger partial charge is 0.273 e. The second-order valence-electron chi connectivity index (χ2n) is 6.73. The number of carbonyl (C=O) groups excluding carboxylic acids is 1. The first-order valence-corrected chi connectivity index (χ1v) is 8.78. The minimum absolute atomic E-state index is 0.0660. The number of likely N-dealkylation sites (tertiary alicyclic amines) is 1. The van der Waals surface area contributed by atoms with Crippen LogP contribution in [0.4, 0.5) is 10.1 Å². The number of rotatable bonds is 5. The maximum Gasteiger partial charge on any atom is 0.273 e. The van der Waals surface area contributed by atoms with E-state index < -0.39 is 0 Å². The highest BCUT2D eigenvalue weighted by molar-refractivity contribution is 6.44. The second kappa shape index (κ2) is 7.36. The maximum absolute atomic E-state index is 13.0. The summed E-state index contributed by atoms with van der Waals surface area (Å²) in [5.41, 5.74) is 2.11. The Morgan fingerprint density at radius 2 is 1.96 bits per heavy atom. The van der Waals surface area contributed by atoms with Gasteiger partial charge < -0.3 is 14.9 Å². The molecule has 0 spiro atoms. The van der Waals surface area contributed by atoms with E-state index in [0.29, 0.717) is 31.0 Å². The molecule has 27 heavy (non-hydrogen) atoms. The van der Waals surface area contributed by atoms with Gasteiger partial charge in [-0.25, -0.2) is 4.39 Å². The van der Waals surface area contributed by atoms with Crippen LogP contribution in [0.5, 0.6) is 5.75 Å². The van der Waals surface area contributed by atoms with E-state index in [9.17, 15) is 9.18 Å². The van der Waals surface area contributed by atoms with E-state index in [1.807, 2.05) is 0 Å². The van der Waals surface area contributed by atoms with E-state index in [-0.39, 0.29) is 23.7 Å². The lowest BCUT2D eigenvalue weighted by Gasteiger charge is -2.16. The van der Waals surface area contributed by atoms with E-state index in [4.69, 9.17) is 9.57 Å². The summed E-state index contributed by atoms with van der Waals surface area (Å²) in [6.07, 6.45) is -0.123. The SMILES string of the molecule is COc1ccc(NC(=O)C2=NO[C@@H]3CN(Cc4ccc(F)cc4)C[C@H]23)cc1. The molecule has 140 valence electrons. The standard InChI is InChI=1S/C20H20FN3O3/c1-26-16-8-6-15(7-9-16)22-20(25)19-17-11-24(12-18(17)27-23-19)10-13-2-4-14(21)5-3-13/h2-9,17-18H,10-12H2,1H3,(H,22,25)/t17-,18+/m0/s1. The van der Waals surface area contributed by atoms with Gasteiger partial charge in [-0.15, -0.1) is 0 Å². The molecule has 2 aliphatic rings. The molecule has 2 aromatic carbocycles. The molecule has 0 radical (unpaired) electrons. The number of fused-ring (bicyclic) bond motifs is 1. The average Bonchev–Trinajstić information content (AvgIpc) is 3.24. The summed E-state index contributed by atoms with van der Waals surface area (Å²) in [4.78, 5) is 20.3. The lowest BCUT2D eigenvalue weighted by atomic mass is 10.0. The molecule has 2 heterocycles. The summed E-state index contributed by atoms with van der Waals surface area (Å²) in [5, 5.41) is 6.86. The van der Waals surface area contributed by atoms with Crippen LogP contribution in [0.3, 0.4) is 0 Å². The van der Waals surface area contributed by atoms with Crippen molar-refractivity contribution in [2.75, 3.05) is 25.5 Å².